The van der Waals surface area contributed by atoms with Crippen LogP contribution in [0.15, 0.2) is 18.2 Å². The van der Waals surface area contributed by atoms with Crippen LogP contribution in [0.1, 0.15) is 17.3 Å². The summed E-state index contributed by atoms with van der Waals surface area (Å²) in [6.07, 6.45) is 0. The largest absolute Gasteiger partial charge is 0.339 e. The fourth-order valence-corrected chi connectivity index (χ4v) is 3.70. The molecule has 1 N–H and O–H groups in total. The van der Waals surface area contributed by atoms with Gasteiger partial charge in [-0.2, -0.15) is 0 Å². The monoisotopic (exact) mass is 369 g/mol. The van der Waals surface area contributed by atoms with Gasteiger partial charge in [0, 0.05) is 32.1 Å². The Hall–Kier alpha value is -1.30. The van der Waals surface area contributed by atoms with E-state index in [0.717, 1.165) is 13.1 Å². The van der Waals surface area contributed by atoms with Gasteiger partial charge in [-0.05, 0) is 31.1 Å². The van der Waals surface area contributed by atoms with Gasteiger partial charge in [-0.1, -0.05) is 36.2 Å². The minimum Gasteiger partial charge on any atom is -0.339 e. The highest BCUT2D eigenvalue weighted by molar-refractivity contribution is 6.39. The molecule has 0 radical (unpaired) electrons. The first-order chi connectivity index (χ1) is 11.5. The molecule has 2 aliphatic heterocycles. The third-order valence-electron chi connectivity index (χ3n) is 4.96. The molecule has 1 aromatic rings. The molecule has 2 fully saturated rings. The van der Waals surface area contributed by atoms with Crippen LogP contribution in [0.25, 0.3) is 0 Å². The van der Waals surface area contributed by atoms with Crippen molar-refractivity contribution >= 4 is 35.0 Å². The predicted molar refractivity (Wildman–Crippen MR) is 94.5 cm³/mol. The Morgan fingerprint density at radius 3 is 2.12 bits per heavy atom. The fraction of sp³-hybridized carbons (Fsp3) is 0.529. The summed E-state index contributed by atoms with van der Waals surface area (Å²) in [6.45, 7) is 5.93. The molecule has 5 nitrogen and oxygen atoms in total. The Morgan fingerprint density at radius 2 is 1.62 bits per heavy atom. The summed E-state index contributed by atoms with van der Waals surface area (Å²) in [4.78, 5) is 28.8. The van der Waals surface area contributed by atoms with Crippen molar-refractivity contribution in [2.24, 2.45) is 11.8 Å². The van der Waals surface area contributed by atoms with E-state index >= 15 is 0 Å². The average Bonchev–Trinajstić information content (AvgIpc) is 2.52. The maximum absolute atomic E-state index is 12.7. The maximum Gasteiger partial charge on any atom is 0.257 e. The van der Waals surface area contributed by atoms with Gasteiger partial charge in [0.15, 0.2) is 0 Å². The summed E-state index contributed by atoms with van der Waals surface area (Å²) in [5, 5.41) is 3.92. The summed E-state index contributed by atoms with van der Waals surface area (Å²) in [6, 6.07) is 5.04. The minimum absolute atomic E-state index is 0.0338. The van der Waals surface area contributed by atoms with Crippen LogP contribution in [0.2, 0.25) is 10.0 Å². The molecular weight excluding hydrogens is 349 g/mol. The molecule has 2 heterocycles. The second-order valence-corrected chi connectivity index (χ2v) is 7.24. The zero-order valence-electron chi connectivity index (χ0n) is 13.6. The normalized spacial score (nSPS) is 19.8. The number of benzene rings is 1. The van der Waals surface area contributed by atoms with Crippen LogP contribution in [-0.4, -0.2) is 60.9 Å². The highest BCUT2D eigenvalue weighted by Crippen LogP contribution is 2.26. The average molecular weight is 370 g/mol. The Bertz CT molecular complexity index is 620. The lowest BCUT2D eigenvalue weighted by Gasteiger charge is -2.39. The maximum atomic E-state index is 12.7. The van der Waals surface area contributed by atoms with Gasteiger partial charge in [0.2, 0.25) is 5.91 Å². The van der Waals surface area contributed by atoms with E-state index in [1.165, 1.54) is 0 Å². The number of carbonyl (C=O) groups is 2. The molecule has 1 unspecified atom stereocenters. The molecule has 0 bridgehead atoms. The van der Waals surface area contributed by atoms with Gasteiger partial charge in [0.1, 0.15) is 0 Å². The highest BCUT2D eigenvalue weighted by atomic mass is 35.5. The van der Waals surface area contributed by atoms with E-state index in [4.69, 9.17) is 23.2 Å². The summed E-state index contributed by atoms with van der Waals surface area (Å²) in [5.74, 6) is 0.476. The molecule has 3 rings (SSSR count). The number of hydrogen-bond donors (Lipinski definition) is 1. The van der Waals surface area contributed by atoms with Crippen LogP contribution in [0.5, 0.6) is 0 Å². The Labute approximate surface area is 151 Å². The van der Waals surface area contributed by atoms with Gasteiger partial charge in [-0.25, -0.2) is 0 Å². The molecule has 0 aliphatic carbocycles. The van der Waals surface area contributed by atoms with Crippen LogP contribution in [0.3, 0.4) is 0 Å². The number of nitrogens with zero attached hydrogens (tertiary/aromatic N) is 2. The van der Waals surface area contributed by atoms with Gasteiger partial charge in [-0.15, -0.1) is 0 Å². The number of halogens is 2. The summed E-state index contributed by atoms with van der Waals surface area (Å²) in [7, 11) is 0. The first kappa shape index (κ1) is 17.5. The molecule has 7 heteroatoms. The second-order valence-electron chi connectivity index (χ2n) is 6.42. The van der Waals surface area contributed by atoms with E-state index in [0.29, 0.717) is 47.7 Å². The molecule has 0 aromatic heterocycles. The topological polar surface area (TPSA) is 52.7 Å². The van der Waals surface area contributed by atoms with Gasteiger partial charge in [0.05, 0.1) is 15.6 Å². The van der Waals surface area contributed by atoms with E-state index < -0.39 is 0 Å². The van der Waals surface area contributed by atoms with Crippen molar-refractivity contribution in [3.05, 3.63) is 33.8 Å². The molecule has 1 atom stereocenters. The molecule has 24 heavy (non-hydrogen) atoms. The lowest BCUT2D eigenvalue weighted by Crippen LogP contribution is -2.55. The van der Waals surface area contributed by atoms with Gasteiger partial charge >= 0.3 is 0 Å². The molecule has 1 aromatic carbocycles. The van der Waals surface area contributed by atoms with Crippen molar-refractivity contribution in [3.8, 4) is 0 Å². The molecule has 0 saturated carbocycles. The Kier molecular flexibility index (Phi) is 5.33. The fourth-order valence-electron chi connectivity index (χ4n) is 3.14. The number of rotatable bonds is 3. The molecule has 2 amide bonds. The van der Waals surface area contributed by atoms with Gasteiger partial charge in [0.25, 0.3) is 5.91 Å². The van der Waals surface area contributed by atoms with Crippen molar-refractivity contribution in [1.29, 1.82) is 0 Å². The number of nitrogens with one attached hydrogen (secondary N) is 1. The first-order valence-corrected chi connectivity index (χ1v) is 8.97. The highest BCUT2D eigenvalue weighted by Gasteiger charge is 2.34. The van der Waals surface area contributed by atoms with E-state index in [1.807, 2.05) is 11.8 Å². The van der Waals surface area contributed by atoms with Crippen molar-refractivity contribution < 1.29 is 9.59 Å². The Morgan fingerprint density at radius 1 is 1.08 bits per heavy atom. The van der Waals surface area contributed by atoms with Crippen LogP contribution in [0, 0.1) is 11.8 Å². The van der Waals surface area contributed by atoms with E-state index in [9.17, 15) is 9.59 Å². The zero-order chi connectivity index (χ0) is 17.3. The van der Waals surface area contributed by atoms with E-state index in [-0.39, 0.29) is 17.7 Å². The third kappa shape index (κ3) is 3.39. The molecule has 0 spiro atoms. The smallest absolute Gasteiger partial charge is 0.257 e. The summed E-state index contributed by atoms with van der Waals surface area (Å²) < 4.78 is 0. The SMILES string of the molecule is CC(C(=O)N1CCN(C(=O)c2c(Cl)cccc2Cl)CC1)C1CNC1. The van der Waals surface area contributed by atoms with Gasteiger partial charge < -0.3 is 15.1 Å². The van der Waals surface area contributed by atoms with E-state index in [2.05, 4.69) is 5.32 Å². The van der Waals surface area contributed by atoms with Crippen molar-refractivity contribution in [1.82, 2.24) is 15.1 Å². The Balaban J connectivity index is 1.60. The van der Waals surface area contributed by atoms with Crippen LogP contribution < -0.4 is 5.32 Å². The van der Waals surface area contributed by atoms with Gasteiger partial charge in [-0.3, -0.25) is 9.59 Å². The predicted octanol–water partition coefficient (Wildman–Crippen LogP) is 2.13. The number of carbonyl (C=O) groups excluding carboxylic acids is 2. The third-order valence-corrected chi connectivity index (χ3v) is 5.59. The first-order valence-electron chi connectivity index (χ1n) is 8.22. The van der Waals surface area contributed by atoms with E-state index in [1.54, 1.807) is 23.1 Å². The lowest BCUT2D eigenvalue weighted by molar-refractivity contribution is -0.138. The summed E-state index contributed by atoms with van der Waals surface area (Å²) in [5.41, 5.74) is 0.342. The number of amides is 2. The quantitative estimate of drug-likeness (QED) is 0.887. The minimum atomic E-state index is -0.172. The van der Waals surface area contributed by atoms with Crippen LogP contribution >= 0.6 is 23.2 Å². The van der Waals surface area contributed by atoms with Crippen LogP contribution in [-0.2, 0) is 4.79 Å². The van der Waals surface area contributed by atoms with Crippen molar-refractivity contribution in [3.63, 3.8) is 0 Å². The molecule has 2 saturated heterocycles. The lowest BCUT2D eigenvalue weighted by atomic mass is 9.88. The number of piperazine rings is 1. The van der Waals surface area contributed by atoms with Crippen LogP contribution in [0.4, 0.5) is 0 Å². The van der Waals surface area contributed by atoms with Crippen molar-refractivity contribution in [2.75, 3.05) is 39.3 Å². The second kappa shape index (κ2) is 7.30. The van der Waals surface area contributed by atoms with Crippen molar-refractivity contribution in [2.45, 2.75) is 6.92 Å². The molecule has 130 valence electrons. The standard InChI is InChI=1S/C17H21Cl2N3O2/c1-11(12-9-20-10-12)16(23)21-5-7-22(8-6-21)17(24)15-13(18)3-2-4-14(15)19/h2-4,11-12,20H,5-10H2,1H3. The molecular formula is C17H21Cl2N3O2. The number of hydrogen-bond acceptors (Lipinski definition) is 3. The zero-order valence-corrected chi connectivity index (χ0v) is 15.1. The summed E-state index contributed by atoms with van der Waals surface area (Å²) >= 11 is 12.2. The molecule has 2 aliphatic rings.